The third kappa shape index (κ3) is 8.41. The van der Waals surface area contributed by atoms with Gasteiger partial charge in [-0.05, 0) is 13.5 Å². The smallest absolute Gasteiger partial charge is 0.319 e. The summed E-state index contributed by atoms with van der Waals surface area (Å²) in [7, 11) is 2.95. The van der Waals surface area contributed by atoms with E-state index in [1.54, 1.807) is 12.0 Å². The van der Waals surface area contributed by atoms with Crippen LogP contribution in [0.2, 0.25) is 0 Å². The van der Waals surface area contributed by atoms with E-state index < -0.39 is 6.10 Å². The van der Waals surface area contributed by atoms with E-state index in [-0.39, 0.29) is 25.2 Å². The van der Waals surface area contributed by atoms with E-state index in [9.17, 15) is 9.90 Å². The number of ether oxygens (including phenoxy) is 3. The molecule has 108 valence electrons. The van der Waals surface area contributed by atoms with Gasteiger partial charge in [0.25, 0.3) is 0 Å². The van der Waals surface area contributed by atoms with Crippen LogP contribution >= 0.6 is 0 Å². The molecule has 0 aromatic rings. The first-order chi connectivity index (χ1) is 8.53. The molecule has 2 atom stereocenters. The maximum absolute atomic E-state index is 11.1. The van der Waals surface area contributed by atoms with Gasteiger partial charge >= 0.3 is 5.97 Å². The van der Waals surface area contributed by atoms with Gasteiger partial charge in [-0.2, -0.15) is 0 Å². The Morgan fingerprint density at radius 2 is 2.00 bits per heavy atom. The second-order valence-electron chi connectivity index (χ2n) is 4.16. The fourth-order valence-corrected chi connectivity index (χ4v) is 1.46. The Labute approximate surface area is 109 Å². The Morgan fingerprint density at radius 1 is 1.33 bits per heavy atom. The lowest BCUT2D eigenvalue weighted by Gasteiger charge is -2.23. The highest BCUT2D eigenvalue weighted by molar-refractivity contribution is 5.71. The fraction of sp³-hybridized carbons (Fsp3) is 0.917. The zero-order valence-electron chi connectivity index (χ0n) is 11.7. The predicted octanol–water partition coefficient (Wildman–Crippen LogP) is -0.106. The van der Waals surface area contributed by atoms with Crippen LogP contribution in [0.25, 0.3) is 0 Å². The fourth-order valence-electron chi connectivity index (χ4n) is 1.46. The minimum atomic E-state index is -0.631. The van der Waals surface area contributed by atoms with Gasteiger partial charge in [0.2, 0.25) is 0 Å². The molecule has 0 radical (unpaired) electrons. The first-order valence-corrected chi connectivity index (χ1v) is 6.11. The Hall–Kier alpha value is -0.690. The lowest BCUT2D eigenvalue weighted by atomic mass is 10.3. The maximum atomic E-state index is 11.1. The highest BCUT2D eigenvalue weighted by atomic mass is 16.5. The quantitative estimate of drug-likeness (QED) is 0.555. The van der Waals surface area contributed by atoms with Crippen molar-refractivity contribution in [3.63, 3.8) is 0 Å². The average molecular weight is 263 g/mol. The second kappa shape index (κ2) is 10.3. The molecule has 0 amide bonds. The van der Waals surface area contributed by atoms with Crippen LogP contribution < -0.4 is 0 Å². The molecule has 18 heavy (non-hydrogen) atoms. The van der Waals surface area contributed by atoms with Crippen LogP contribution in [0.15, 0.2) is 0 Å². The number of aliphatic hydroxyl groups excluding tert-OH is 1. The first kappa shape index (κ1) is 17.3. The van der Waals surface area contributed by atoms with Crippen molar-refractivity contribution in [2.75, 3.05) is 47.1 Å². The van der Waals surface area contributed by atoms with Gasteiger partial charge in [-0.3, -0.25) is 9.69 Å². The number of likely N-dealkylation sites (N-methyl/N-ethyl adjacent to an activating group) is 1. The molecule has 0 aliphatic carbocycles. The van der Waals surface area contributed by atoms with Crippen molar-refractivity contribution < 1.29 is 24.1 Å². The Kier molecular flexibility index (Phi) is 9.86. The normalized spacial score (nSPS) is 14.6. The summed E-state index contributed by atoms with van der Waals surface area (Å²) >= 11 is 0. The number of carbonyl (C=O) groups excluding carboxylic acids is 1. The summed E-state index contributed by atoms with van der Waals surface area (Å²) in [6.45, 7) is 5.74. The van der Waals surface area contributed by atoms with E-state index in [4.69, 9.17) is 9.47 Å². The lowest BCUT2D eigenvalue weighted by Crippen LogP contribution is -2.39. The van der Waals surface area contributed by atoms with Gasteiger partial charge in [-0.15, -0.1) is 0 Å². The van der Waals surface area contributed by atoms with Gasteiger partial charge in [-0.1, -0.05) is 6.92 Å². The topological polar surface area (TPSA) is 68.2 Å². The number of nitrogens with zero attached hydrogens (tertiary/aromatic N) is 1. The summed E-state index contributed by atoms with van der Waals surface area (Å²) in [6, 6.07) is 0. The van der Waals surface area contributed by atoms with E-state index in [0.29, 0.717) is 19.7 Å². The van der Waals surface area contributed by atoms with Crippen LogP contribution in [0, 0.1) is 0 Å². The number of hydrogen-bond acceptors (Lipinski definition) is 6. The summed E-state index contributed by atoms with van der Waals surface area (Å²) in [4.78, 5) is 12.9. The van der Waals surface area contributed by atoms with Gasteiger partial charge in [0.1, 0.15) is 0 Å². The van der Waals surface area contributed by atoms with Crippen molar-refractivity contribution in [1.82, 2.24) is 4.90 Å². The van der Waals surface area contributed by atoms with Gasteiger partial charge in [0.15, 0.2) is 0 Å². The van der Waals surface area contributed by atoms with Gasteiger partial charge in [0, 0.05) is 13.7 Å². The van der Waals surface area contributed by atoms with Crippen LogP contribution in [0.3, 0.4) is 0 Å². The summed E-state index contributed by atoms with van der Waals surface area (Å²) in [5, 5.41) is 9.79. The van der Waals surface area contributed by atoms with E-state index in [1.807, 2.05) is 13.8 Å². The van der Waals surface area contributed by atoms with E-state index in [1.165, 1.54) is 7.11 Å². The summed E-state index contributed by atoms with van der Waals surface area (Å²) in [6.07, 6.45) is -0.686. The first-order valence-electron chi connectivity index (χ1n) is 6.11. The molecule has 0 aliphatic heterocycles. The monoisotopic (exact) mass is 263 g/mol. The number of carbonyl (C=O) groups is 1. The number of hydrogen-bond donors (Lipinski definition) is 1. The minimum Gasteiger partial charge on any atom is -0.468 e. The standard InChI is InChI=1S/C12H25NO5/c1-5-13(7-12(15)17-4)6-11(14)9-18-10(2)8-16-3/h10-11,14H,5-9H2,1-4H3. The highest BCUT2D eigenvalue weighted by Crippen LogP contribution is 1.98. The minimum absolute atomic E-state index is 0.0552. The van der Waals surface area contributed by atoms with Crippen molar-refractivity contribution in [3.8, 4) is 0 Å². The molecular weight excluding hydrogens is 238 g/mol. The van der Waals surface area contributed by atoms with E-state index in [2.05, 4.69) is 4.74 Å². The molecule has 0 fully saturated rings. The van der Waals surface area contributed by atoms with E-state index >= 15 is 0 Å². The number of esters is 1. The molecule has 0 aromatic carbocycles. The largest absolute Gasteiger partial charge is 0.468 e. The molecule has 0 aliphatic rings. The van der Waals surface area contributed by atoms with Crippen LogP contribution in [-0.2, 0) is 19.0 Å². The molecule has 0 rings (SSSR count). The van der Waals surface area contributed by atoms with Crippen molar-refractivity contribution in [2.24, 2.45) is 0 Å². The molecule has 0 spiro atoms. The Bertz CT molecular complexity index is 225. The molecule has 1 N–H and O–H groups in total. The molecule has 0 heterocycles. The molecule has 6 heteroatoms. The molecule has 6 nitrogen and oxygen atoms in total. The Morgan fingerprint density at radius 3 is 2.50 bits per heavy atom. The predicted molar refractivity (Wildman–Crippen MR) is 67.4 cm³/mol. The lowest BCUT2D eigenvalue weighted by molar-refractivity contribution is -0.142. The number of aliphatic hydroxyl groups is 1. The van der Waals surface area contributed by atoms with Crippen LogP contribution in [-0.4, -0.2) is 75.3 Å². The summed E-state index contributed by atoms with van der Waals surface area (Å²) in [5.74, 6) is -0.308. The number of methoxy groups -OCH3 is 2. The SMILES string of the molecule is CCN(CC(=O)OC)CC(O)COC(C)COC. The third-order valence-corrected chi connectivity index (χ3v) is 2.47. The zero-order valence-corrected chi connectivity index (χ0v) is 11.7. The van der Waals surface area contributed by atoms with Crippen LogP contribution in [0.1, 0.15) is 13.8 Å². The maximum Gasteiger partial charge on any atom is 0.319 e. The van der Waals surface area contributed by atoms with Crippen molar-refractivity contribution >= 4 is 5.97 Å². The van der Waals surface area contributed by atoms with Crippen molar-refractivity contribution in [3.05, 3.63) is 0 Å². The molecule has 0 saturated carbocycles. The molecule has 0 bridgehead atoms. The third-order valence-electron chi connectivity index (χ3n) is 2.47. The summed E-state index contributed by atoms with van der Waals surface area (Å²) < 4.78 is 14.9. The summed E-state index contributed by atoms with van der Waals surface area (Å²) in [5.41, 5.74) is 0. The van der Waals surface area contributed by atoms with Gasteiger partial charge in [0.05, 0.1) is 39.1 Å². The van der Waals surface area contributed by atoms with Gasteiger partial charge in [-0.25, -0.2) is 0 Å². The van der Waals surface area contributed by atoms with Gasteiger partial charge < -0.3 is 19.3 Å². The molecular formula is C12H25NO5. The molecule has 0 aromatic heterocycles. The van der Waals surface area contributed by atoms with Crippen LogP contribution in [0.4, 0.5) is 0 Å². The van der Waals surface area contributed by atoms with E-state index in [0.717, 1.165) is 0 Å². The molecule has 2 unspecified atom stereocenters. The molecule has 0 saturated heterocycles. The van der Waals surface area contributed by atoms with Crippen molar-refractivity contribution in [2.45, 2.75) is 26.1 Å². The zero-order chi connectivity index (χ0) is 14.0. The second-order valence-corrected chi connectivity index (χ2v) is 4.16. The highest BCUT2D eigenvalue weighted by Gasteiger charge is 2.15. The Balaban J connectivity index is 3.88. The number of rotatable bonds is 10. The van der Waals surface area contributed by atoms with Crippen LogP contribution in [0.5, 0.6) is 0 Å². The van der Waals surface area contributed by atoms with Crippen molar-refractivity contribution in [1.29, 1.82) is 0 Å². The average Bonchev–Trinajstić information content (AvgIpc) is 2.35.